The van der Waals surface area contributed by atoms with Gasteiger partial charge in [-0.2, -0.15) is 0 Å². The van der Waals surface area contributed by atoms with E-state index in [0.29, 0.717) is 6.54 Å². The Morgan fingerprint density at radius 3 is 2.48 bits per heavy atom. The Hall–Kier alpha value is -2.24. The second kappa shape index (κ2) is 9.49. The van der Waals surface area contributed by atoms with Gasteiger partial charge in [0.25, 0.3) is 5.91 Å². The van der Waals surface area contributed by atoms with Crippen LogP contribution >= 0.6 is 11.3 Å². The van der Waals surface area contributed by atoms with Crippen molar-refractivity contribution in [2.75, 3.05) is 31.1 Å². The van der Waals surface area contributed by atoms with Crippen LogP contribution in [0.2, 0.25) is 0 Å². The third-order valence-electron chi connectivity index (χ3n) is 6.68. The lowest BCUT2D eigenvalue weighted by molar-refractivity contribution is 0.0983. The summed E-state index contributed by atoms with van der Waals surface area (Å²) in [6.07, 6.45) is 4.68. The van der Waals surface area contributed by atoms with Crippen LogP contribution in [-0.4, -0.2) is 42.0 Å². The van der Waals surface area contributed by atoms with Crippen molar-refractivity contribution >= 4 is 32.6 Å². The summed E-state index contributed by atoms with van der Waals surface area (Å²) in [6.45, 7) is 12.0. The Morgan fingerprint density at radius 2 is 1.74 bits per heavy atom. The minimum absolute atomic E-state index is 0.0639. The number of carbonyl (C=O) groups is 1. The summed E-state index contributed by atoms with van der Waals surface area (Å²) in [7, 11) is 0. The maximum Gasteiger partial charge on any atom is 0.260 e. The van der Waals surface area contributed by atoms with Crippen LogP contribution in [0, 0.1) is 13.8 Å². The van der Waals surface area contributed by atoms with E-state index in [1.54, 1.807) is 11.3 Å². The second-order valence-corrected chi connectivity index (χ2v) is 9.53. The van der Waals surface area contributed by atoms with Gasteiger partial charge in [-0.3, -0.25) is 9.69 Å². The number of amides is 1. The van der Waals surface area contributed by atoms with E-state index in [1.165, 1.54) is 35.1 Å². The molecular weight excluding hydrogens is 402 g/mol. The van der Waals surface area contributed by atoms with Crippen LogP contribution in [0.15, 0.2) is 30.3 Å². The standard InChI is InChI=1S/C26H33N3OS/c1-5-28(6-2)15-16-29(26-27-24-19(4)18(3)11-14-23(24)31-26)25(30)22-13-12-20-9-7-8-10-21(20)17-22/h11-14,17H,5-10,15-16H2,1-4H3. The topological polar surface area (TPSA) is 36.4 Å². The van der Waals surface area contributed by atoms with E-state index in [-0.39, 0.29) is 5.91 Å². The highest BCUT2D eigenvalue weighted by Gasteiger charge is 2.23. The molecule has 4 nitrogen and oxygen atoms in total. The maximum atomic E-state index is 13.7. The third kappa shape index (κ3) is 4.53. The van der Waals surface area contributed by atoms with Gasteiger partial charge in [0.1, 0.15) is 0 Å². The Bertz CT molecular complexity index is 1080. The van der Waals surface area contributed by atoms with Crippen molar-refractivity contribution in [2.45, 2.75) is 53.4 Å². The molecule has 1 aliphatic carbocycles. The van der Waals surface area contributed by atoms with E-state index < -0.39 is 0 Å². The SMILES string of the molecule is CCN(CC)CCN(C(=O)c1ccc2c(c1)CCCC2)c1nc2c(C)c(C)ccc2s1. The molecule has 0 fully saturated rings. The molecule has 0 N–H and O–H groups in total. The zero-order chi connectivity index (χ0) is 22.0. The molecular formula is C26H33N3OS. The van der Waals surface area contributed by atoms with Crippen LogP contribution in [0.1, 0.15) is 59.3 Å². The number of benzene rings is 2. The first-order chi connectivity index (χ1) is 15.0. The van der Waals surface area contributed by atoms with Gasteiger partial charge in [0, 0.05) is 18.7 Å². The molecule has 5 heteroatoms. The Kier molecular flexibility index (Phi) is 6.73. The molecule has 0 unspecified atom stereocenters. The number of hydrogen-bond acceptors (Lipinski definition) is 4. The van der Waals surface area contributed by atoms with Crippen LogP contribution in [-0.2, 0) is 12.8 Å². The number of aryl methyl sites for hydroxylation is 4. The molecule has 1 aromatic heterocycles. The summed E-state index contributed by atoms with van der Waals surface area (Å²) >= 11 is 1.62. The first-order valence-corrected chi connectivity index (χ1v) is 12.4. The van der Waals surface area contributed by atoms with Crippen molar-refractivity contribution in [1.82, 2.24) is 9.88 Å². The first-order valence-electron chi connectivity index (χ1n) is 11.5. The van der Waals surface area contributed by atoms with E-state index in [0.717, 1.165) is 53.4 Å². The van der Waals surface area contributed by atoms with Crippen molar-refractivity contribution in [2.24, 2.45) is 0 Å². The fourth-order valence-corrected chi connectivity index (χ4v) is 5.47. The number of thiazole rings is 1. The minimum atomic E-state index is 0.0639. The van der Waals surface area contributed by atoms with Crippen LogP contribution in [0.5, 0.6) is 0 Å². The van der Waals surface area contributed by atoms with Crippen molar-refractivity contribution < 1.29 is 4.79 Å². The lowest BCUT2D eigenvalue weighted by atomic mass is 9.90. The van der Waals surface area contributed by atoms with E-state index >= 15 is 0 Å². The molecule has 0 bridgehead atoms. The highest BCUT2D eigenvalue weighted by Crippen LogP contribution is 2.33. The van der Waals surface area contributed by atoms with E-state index in [9.17, 15) is 4.79 Å². The summed E-state index contributed by atoms with van der Waals surface area (Å²) < 4.78 is 1.14. The number of hydrogen-bond donors (Lipinski definition) is 0. The summed E-state index contributed by atoms with van der Waals surface area (Å²) in [5.74, 6) is 0.0639. The normalized spacial score (nSPS) is 13.6. The fourth-order valence-electron chi connectivity index (χ4n) is 4.42. The van der Waals surface area contributed by atoms with Crippen molar-refractivity contribution in [3.63, 3.8) is 0 Å². The quantitative estimate of drug-likeness (QED) is 0.472. The molecule has 164 valence electrons. The summed E-state index contributed by atoms with van der Waals surface area (Å²) in [6, 6.07) is 10.6. The Morgan fingerprint density at radius 1 is 1.00 bits per heavy atom. The first kappa shape index (κ1) is 22.0. The lowest BCUT2D eigenvalue weighted by Crippen LogP contribution is -2.39. The largest absolute Gasteiger partial charge is 0.302 e. The second-order valence-electron chi connectivity index (χ2n) is 8.52. The molecule has 3 aromatic rings. The van der Waals surface area contributed by atoms with Crippen LogP contribution in [0.4, 0.5) is 5.13 Å². The van der Waals surface area contributed by atoms with Gasteiger partial charge in [0.05, 0.1) is 10.2 Å². The third-order valence-corrected chi connectivity index (χ3v) is 7.72. The van der Waals surface area contributed by atoms with Crippen LogP contribution < -0.4 is 4.90 Å². The summed E-state index contributed by atoms with van der Waals surface area (Å²) in [5, 5.41) is 0.804. The average Bonchev–Trinajstić information content (AvgIpc) is 3.23. The smallest absolute Gasteiger partial charge is 0.260 e. The number of carbonyl (C=O) groups excluding carboxylic acids is 1. The predicted molar refractivity (Wildman–Crippen MR) is 132 cm³/mol. The molecule has 1 aliphatic rings. The highest BCUT2D eigenvalue weighted by molar-refractivity contribution is 7.22. The van der Waals surface area contributed by atoms with Gasteiger partial charge >= 0.3 is 0 Å². The number of likely N-dealkylation sites (N-methyl/N-ethyl adjacent to an activating group) is 1. The van der Waals surface area contributed by atoms with Crippen molar-refractivity contribution in [3.8, 4) is 0 Å². The molecule has 0 aliphatic heterocycles. The van der Waals surface area contributed by atoms with E-state index in [4.69, 9.17) is 4.98 Å². The Balaban J connectivity index is 1.70. The molecule has 1 amide bonds. The number of aromatic nitrogens is 1. The van der Waals surface area contributed by atoms with Gasteiger partial charge in [-0.05, 0) is 93.1 Å². The van der Waals surface area contributed by atoms with Gasteiger partial charge in [-0.1, -0.05) is 37.3 Å². The molecule has 1 heterocycles. The zero-order valence-electron chi connectivity index (χ0n) is 19.2. The number of nitrogens with zero attached hydrogens (tertiary/aromatic N) is 3. The van der Waals surface area contributed by atoms with Crippen LogP contribution in [0.25, 0.3) is 10.2 Å². The molecule has 0 radical (unpaired) electrons. The fraction of sp³-hybridized carbons (Fsp3) is 0.462. The van der Waals surface area contributed by atoms with E-state index in [1.807, 2.05) is 11.0 Å². The molecule has 0 saturated carbocycles. The van der Waals surface area contributed by atoms with Gasteiger partial charge in [0.2, 0.25) is 0 Å². The number of anilines is 1. The summed E-state index contributed by atoms with van der Waals surface area (Å²) in [5.41, 5.74) is 6.99. The average molecular weight is 436 g/mol. The van der Waals surface area contributed by atoms with E-state index in [2.05, 4.69) is 56.9 Å². The zero-order valence-corrected chi connectivity index (χ0v) is 20.0. The highest BCUT2D eigenvalue weighted by atomic mass is 32.1. The van der Waals surface area contributed by atoms with Crippen molar-refractivity contribution in [1.29, 1.82) is 0 Å². The number of fused-ring (bicyclic) bond motifs is 2. The molecule has 0 atom stereocenters. The molecule has 0 saturated heterocycles. The summed E-state index contributed by atoms with van der Waals surface area (Å²) in [4.78, 5) is 22.9. The number of rotatable bonds is 7. The van der Waals surface area contributed by atoms with Gasteiger partial charge in [-0.15, -0.1) is 0 Å². The molecule has 4 rings (SSSR count). The molecule has 0 spiro atoms. The van der Waals surface area contributed by atoms with Crippen molar-refractivity contribution in [3.05, 3.63) is 58.1 Å². The van der Waals surface area contributed by atoms with Gasteiger partial charge in [-0.25, -0.2) is 4.98 Å². The lowest BCUT2D eigenvalue weighted by Gasteiger charge is -2.25. The Labute approximate surface area is 189 Å². The maximum absolute atomic E-state index is 13.7. The minimum Gasteiger partial charge on any atom is -0.302 e. The predicted octanol–water partition coefficient (Wildman–Crippen LogP) is 5.78. The van der Waals surface area contributed by atoms with Crippen LogP contribution in [0.3, 0.4) is 0 Å². The van der Waals surface area contributed by atoms with Gasteiger partial charge in [0.15, 0.2) is 5.13 Å². The molecule has 31 heavy (non-hydrogen) atoms. The monoisotopic (exact) mass is 435 g/mol. The molecule has 2 aromatic carbocycles. The van der Waals surface area contributed by atoms with Gasteiger partial charge < -0.3 is 4.90 Å².